The summed E-state index contributed by atoms with van der Waals surface area (Å²) in [5.41, 5.74) is 8.63. The van der Waals surface area contributed by atoms with Crippen molar-refractivity contribution < 1.29 is 4.39 Å². The molecule has 0 aliphatic rings. The van der Waals surface area contributed by atoms with Gasteiger partial charge in [-0.3, -0.25) is 0 Å². The van der Waals surface area contributed by atoms with Gasteiger partial charge in [0.2, 0.25) is 0 Å². The van der Waals surface area contributed by atoms with E-state index < -0.39 is 12.7 Å². The second-order valence-corrected chi connectivity index (χ2v) is 7.90. The summed E-state index contributed by atoms with van der Waals surface area (Å²) in [7, 11) is 0. The van der Waals surface area contributed by atoms with E-state index in [1.54, 1.807) is 22.7 Å². The highest BCUT2D eigenvalue weighted by Gasteiger charge is 2.16. The van der Waals surface area contributed by atoms with E-state index in [0.717, 1.165) is 32.9 Å². The second-order valence-electron chi connectivity index (χ2n) is 5.37. The van der Waals surface area contributed by atoms with E-state index in [9.17, 15) is 4.39 Å². The van der Waals surface area contributed by atoms with Crippen molar-refractivity contribution in [1.82, 2.24) is 4.98 Å². The van der Waals surface area contributed by atoms with Gasteiger partial charge in [-0.2, -0.15) is 0 Å². The van der Waals surface area contributed by atoms with Gasteiger partial charge in [0.15, 0.2) is 0 Å². The number of anilines is 1. The maximum Gasteiger partial charge on any atom is 0.131 e. The quantitative estimate of drug-likeness (QED) is 0.615. The third-order valence-corrected chi connectivity index (χ3v) is 6.03. The van der Waals surface area contributed by atoms with E-state index >= 15 is 0 Å². The van der Waals surface area contributed by atoms with Crippen LogP contribution in [0, 0.1) is 6.92 Å². The van der Waals surface area contributed by atoms with E-state index in [1.165, 1.54) is 4.88 Å². The zero-order chi connectivity index (χ0) is 16.4. The van der Waals surface area contributed by atoms with Crippen LogP contribution in [0.2, 0.25) is 5.15 Å². The summed E-state index contributed by atoms with van der Waals surface area (Å²) in [6, 6.07) is 5.48. The molecule has 3 rings (SSSR count). The molecule has 3 heterocycles. The summed E-state index contributed by atoms with van der Waals surface area (Å²) in [6.45, 7) is 2.21. The van der Waals surface area contributed by atoms with E-state index in [4.69, 9.17) is 17.3 Å². The van der Waals surface area contributed by atoms with Crippen molar-refractivity contribution >= 4 is 50.2 Å². The molecule has 3 nitrogen and oxygen atoms in total. The van der Waals surface area contributed by atoms with Crippen LogP contribution in [0.4, 0.5) is 10.1 Å². The molecule has 1 atom stereocenters. The molecule has 122 valence electrons. The zero-order valence-electron chi connectivity index (χ0n) is 12.6. The van der Waals surface area contributed by atoms with E-state index in [-0.39, 0.29) is 0 Å². The molecule has 0 aromatic carbocycles. The number of nitrogens with two attached hydrogens (primary N) is 1. The fourth-order valence-electron chi connectivity index (χ4n) is 2.41. The molecule has 0 bridgehead atoms. The van der Waals surface area contributed by atoms with E-state index in [0.29, 0.717) is 11.6 Å². The van der Waals surface area contributed by atoms with Crippen LogP contribution in [-0.2, 0) is 13.0 Å². The maximum atomic E-state index is 12.7. The van der Waals surface area contributed by atoms with Gasteiger partial charge in [-0.05, 0) is 30.4 Å². The van der Waals surface area contributed by atoms with E-state index in [1.807, 2.05) is 19.1 Å². The van der Waals surface area contributed by atoms with Crippen molar-refractivity contribution in [2.45, 2.75) is 25.9 Å². The van der Waals surface area contributed by atoms with Crippen LogP contribution in [-0.4, -0.2) is 17.7 Å². The summed E-state index contributed by atoms with van der Waals surface area (Å²) < 4.78 is 13.8. The van der Waals surface area contributed by atoms with Gasteiger partial charge in [-0.25, -0.2) is 9.37 Å². The minimum Gasteiger partial charge on any atom is -0.379 e. The van der Waals surface area contributed by atoms with Crippen LogP contribution < -0.4 is 11.1 Å². The smallest absolute Gasteiger partial charge is 0.131 e. The molecular formula is C16H17ClFN3S2. The lowest BCUT2D eigenvalue weighted by Gasteiger charge is -2.06. The number of aromatic nitrogens is 1. The fraction of sp³-hybridized carbons (Fsp3) is 0.312. The SMILES string of the molecule is Cc1c(C[C@@H](N)CF)sc2c(NCc3cccs3)cc(Cl)nc12. The Hall–Kier alpha value is -1.21. The molecule has 0 spiro atoms. The molecule has 0 saturated carbocycles. The molecule has 3 aromatic rings. The van der Waals surface area contributed by atoms with Crippen LogP contribution in [0.5, 0.6) is 0 Å². The third-order valence-electron chi connectivity index (χ3n) is 3.62. The molecule has 0 saturated heterocycles. The van der Waals surface area contributed by atoms with Gasteiger partial charge in [-0.15, -0.1) is 22.7 Å². The van der Waals surface area contributed by atoms with Crippen molar-refractivity contribution in [1.29, 1.82) is 0 Å². The van der Waals surface area contributed by atoms with Gasteiger partial charge in [-0.1, -0.05) is 17.7 Å². The lowest BCUT2D eigenvalue weighted by Crippen LogP contribution is -2.24. The van der Waals surface area contributed by atoms with Crippen LogP contribution in [0.3, 0.4) is 0 Å². The first-order chi connectivity index (χ1) is 11.1. The highest BCUT2D eigenvalue weighted by molar-refractivity contribution is 7.19. The normalized spacial score (nSPS) is 12.7. The number of rotatable bonds is 6. The predicted molar refractivity (Wildman–Crippen MR) is 98.7 cm³/mol. The summed E-state index contributed by atoms with van der Waals surface area (Å²) in [4.78, 5) is 6.76. The van der Waals surface area contributed by atoms with Crippen LogP contribution >= 0.6 is 34.3 Å². The van der Waals surface area contributed by atoms with Crippen molar-refractivity contribution in [3.63, 3.8) is 0 Å². The van der Waals surface area contributed by atoms with Gasteiger partial charge in [0.1, 0.15) is 11.8 Å². The Morgan fingerprint density at radius 1 is 1.48 bits per heavy atom. The van der Waals surface area contributed by atoms with Gasteiger partial charge in [0.25, 0.3) is 0 Å². The molecule has 0 radical (unpaired) electrons. The first-order valence-electron chi connectivity index (χ1n) is 7.24. The molecule has 0 amide bonds. The Bertz CT molecular complexity index is 801. The highest BCUT2D eigenvalue weighted by atomic mass is 35.5. The second kappa shape index (κ2) is 7.13. The molecule has 3 aromatic heterocycles. The zero-order valence-corrected chi connectivity index (χ0v) is 15.0. The summed E-state index contributed by atoms with van der Waals surface area (Å²) in [6.07, 6.45) is 0.519. The molecule has 0 aliphatic heterocycles. The minimum absolute atomic E-state index is 0.452. The van der Waals surface area contributed by atoms with Crippen molar-refractivity contribution in [2.24, 2.45) is 5.73 Å². The molecule has 23 heavy (non-hydrogen) atoms. The Morgan fingerprint density at radius 3 is 3.00 bits per heavy atom. The molecule has 0 fully saturated rings. The molecule has 7 heteroatoms. The number of fused-ring (bicyclic) bond motifs is 1. The standard InChI is InChI=1S/C16H17ClFN3S2/c1-9-13(5-10(19)7-18)23-16-12(6-14(17)21-15(9)16)20-8-11-3-2-4-22-11/h2-4,6,10H,5,7-8,19H2,1H3,(H,20,21)/t10-/m1/s1. The number of halogens is 2. The fourth-order valence-corrected chi connectivity index (χ4v) is 4.57. The molecule has 0 unspecified atom stereocenters. The number of pyridine rings is 1. The minimum atomic E-state index is -0.522. The summed E-state index contributed by atoms with van der Waals surface area (Å²) >= 11 is 9.49. The van der Waals surface area contributed by atoms with E-state index in [2.05, 4.69) is 21.7 Å². The third kappa shape index (κ3) is 3.66. The first-order valence-corrected chi connectivity index (χ1v) is 9.32. The van der Waals surface area contributed by atoms with Gasteiger partial charge in [0.05, 0.1) is 15.9 Å². The molecular weight excluding hydrogens is 353 g/mol. The Morgan fingerprint density at radius 2 is 2.30 bits per heavy atom. The Labute approximate surface area is 147 Å². The van der Waals surface area contributed by atoms with Gasteiger partial charge < -0.3 is 11.1 Å². The number of hydrogen-bond donors (Lipinski definition) is 2. The number of aryl methyl sites for hydroxylation is 1. The highest BCUT2D eigenvalue weighted by Crippen LogP contribution is 2.37. The summed E-state index contributed by atoms with van der Waals surface area (Å²) in [5, 5.41) is 5.94. The number of thiophene rings is 2. The monoisotopic (exact) mass is 369 g/mol. The molecule has 0 aliphatic carbocycles. The van der Waals surface area contributed by atoms with Crippen molar-refractivity contribution in [3.8, 4) is 0 Å². The largest absolute Gasteiger partial charge is 0.379 e. The molecule has 3 N–H and O–H groups in total. The Balaban J connectivity index is 1.95. The van der Waals surface area contributed by atoms with Gasteiger partial charge in [0, 0.05) is 28.4 Å². The first kappa shape index (κ1) is 16.6. The maximum absolute atomic E-state index is 12.7. The van der Waals surface area contributed by atoms with Crippen LogP contribution in [0.25, 0.3) is 10.2 Å². The number of nitrogens with zero attached hydrogens (tertiary/aromatic N) is 1. The Kier molecular flexibility index (Phi) is 5.16. The summed E-state index contributed by atoms with van der Waals surface area (Å²) in [5.74, 6) is 0. The van der Waals surface area contributed by atoms with Gasteiger partial charge >= 0.3 is 0 Å². The van der Waals surface area contributed by atoms with Crippen LogP contribution in [0.1, 0.15) is 15.3 Å². The van der Waals surface area contributed by atoms with Crippen molar-refractivity contribution in [2.75, 3.05) is 12.0 Å². The van der Waals surface area contributed by atoms with Crippen molar-refractivity contribution in [3.05, 3.63) is 44.1 Å². The average molecular weight is 370 g/mol. The van der Waals surface area contributed by atoms with Crippen LogP contribution in [0.15, 0.2) is 23.6 Å². The number of nitrogens with one attached hydrogen (secondary N) is 1. The lowest BCUT2D eigenvalue weighted by atomic mass is 10.1. The number of alkyl halides is 1. The average Bonchev–Trinajstić information content (AvgIpc) is 3.15. The lowest BCUT2D eigenvalue weighted by molar-refractivity contribution is 0.428. The predicted octanol–water partition coefficient (Wildman–Crippen LogP) is 4.77. The topological polar surface area (TPSA) is 50.9 Å². The number of hydrogen-bond acceptors (Lipinski definition) is 5.